The monoisotopic (exact) mass is 374 g/mol. The first-order valence-corrected chi connectivity index (χ1v) is 10.2. The molecule has 0 unspecified atom stereocenters. The van der Waals surface area contributed by atoms with E-state index in [-0.39, 0.29) is 6.04 Å². The highest BCUT2D eigenvalue weighted by Crippen LogP contribution is 2.29. The normalized spacial score (nSPS) is 23.7. The molecule has 0 bridgehead atoms. The third kappa shape index (κ3) is 4.36. The fraction of sp³-hybridized carbons (Fsp3) is 0.647. The zero-order valence-electron chi connectivity index (χ0n) is 14.2. The van der Waals surface area contributed by atoms with Crippen molar-refractivity contribution in [1.29, 1.82) is 0 Å². The first-order valence-electron chi connectivity index (χ1n) is 8.75. The van der Waals surface area contributed by atoms with Crippen LogP contribution < -0.4 is 0 Å². The van der Waals surface area contributed by atoms with Gasteiger partial charge in [-0.05, 0) is 44.0 Å². The van der Waals surface area contributed by atoms with Gasteiger partial charge in [0.2, 0.25) is 10.0 Å². The van der Waals surface area contributed by atoms with Crippen molar-refractivity contribution < 1.29 is 21.9 Å². The second-order valence-corrected chi connectivity index (χ2v) is 8.44. The second kappa shape index (κ2) is 8.07. The minimum absolute atomic E-state index is 0.177. The van der Waals surface area contributed by atoms with Gasteiger partial charge in [-0.3, -0.25) is 4.90 Å². The van der Waals surface area contributed by atoms with E-state index >= 15 is 0 Å². The van der Waals surface area contributed by atoms with Crippen LogP contribution in [0.25, 0.3) is 0 Å². The van der Waals surface area contributed by atoms with E-state index in [1.54, 1.807) is 0 Å². The Kier molecular flexibility index (Phi) is 6.04. The largest absolute Gasteiger partial charge is 0.379 e. The summed E-state index contributed by atoms with van der Waals surface area (Å²) in [6, 6.07) is 2.40. The summed E-state index contributed by atoms with van der Waals surface area (Å²) in [7, 11) is -4.04. The van der Waals surface area contributed by atoms with Crippen LogP contribution in [0.4, 0.5) is 8.78 Å². The molecule has 1 aromatic rings. The first-order chi connectivity index (χ1) is 12.0. The van der Waals surface area contributed by atoms with Gasteiger partial charge in [0.15, 0.2) is 0 Å². The Hall–Kier alpha value is -1.09. The van der Waals surface area contributed by atoms with E-state index in [0.29, 0.717) is 26.2 Å². The average molecular weight is 374 g/mol. The topological polar surface area (TPSA) is 49.9 Å². The number of halogens is 2. The fourth-order valence-electron chi connectivity index (χ4n) is 3.54. The zero-order chi connectivity index (χ0) is 17.9. The maximum atomic E-state index is 14.0. The Bertz CT molecular complexity index is 693. The van der Waals surface area contributed by atoms with Crippen LogP contribution in [0.15, 0.2) is 23.1 Å². The number of nitrogens with zero attached hydrogens (tertiary/aromatic N) is 2. The molecule has 0 aromatic heterocycles. The molecule has 1 atom stereocenters. The Balaban J connectivity index is 1.76. The Morgan fingerprint density at radius 2 is 1.88 bits per heavy atom. The lowest BCUT2D eigenvalue weighted by Gasteiger charge is -2.36. The highest BCUT2D eigenvalue weighted by molar-refractivity contribution is 7.89. The summed E-state index contributed by atoms with van der Waals surface area (Å²) in [5, 5.41) is 0. The van der Waals surface area contributed by atoms with Crippen molar-refractivity contribution in [3.8, 4) is 0 Å². The van der Waals surface area contributed by atoms with Gasteiger partial charge >= 0.3 is 0 Å². The molecular formula is C17H24F2N2O3S. The molecule has 2 saturated heterocycles. The van der Waals surface area contributed by atoms with Crippen LogP contribution in [0.3, 0.4) is 0 Å². The van der Waals surface area contributed by atoms with Crippen LogP contribution in [0.1, 0.15) is 25.7 Å². The van der Waals surface area contributed by atoms with Crippen LogP contribution in [-0.4, -0.2) is 63.1 Å². The number of morpholine rings is 1. The van der Waals surface area contributed by atoms with Gasteiger partial charge in [-0.15, -0.1) is 0 Å². The lowest BCUT2D eigenvalue weighted by Crippen LogP contribution is -2.46. The molecule has 8 heteroatoms. The quantitative estimate of drug-likeness (QED) is 0.793. The minimum Gasteiger partial charge on any atom is -0.379 e. The summed E-state index contributed by atoms with van der Waals surface area (Å²) >= 11 is 0. The van der Waals surface area contributed by atoms with E-state index in [1.165, 1.54) is 4.31 Å². The van der Waals surface area contributed by atoms with E-state index in [2.05, 4.69) is 4.90 Å². The number of hydrogen-bond acceptors (Lipinski definition) is 4. The standard InChI is InChI=1S/C17H24F2N2O3S/c18-14-4-5-16(19)17(13-14)25(22,23)21-7-2-1-3-15(21)6-8-20-9-11-24-12-10-20/h4-5,13,15H,1-3,6-12H2/t15-/m1/s1. The molecule has 2 fully saturated rings. The van der Waals surface area contributed by atoms with Crippen LogP contribution in [-0.2, 0) is 14.8 Å². The predicted molar refractivity (Wildman–Crippen MR) is 89.8 cm³/mol. The summed E-state index contributed by atoms with van der Waals surface area (Å²) in [5.41, 5.74) is 0. The molecule has 2 aliphatic rings. The Morgan fingerprint density at radius 1 is 1.12 bits per heavy atom. The van der Waals surface area contributed by atoms with E-state index in [1.807, 2.05) is 0 Å². The van der Waals surface area contributed by atoms with Crippen molar-refractivity contribution in [3.05, 3.63) is 29.8 Å². The maximum Gasteiger partial charge on any atom is 0.246 e. The van der Waals surface area contributed by atoms with Gasteiger partial charge in [0, 0.05) is 25.7 Å². The molecule has 5 nitrogen and oxygen atoms in total. The van der Waals surface area contributed by atoms with E-state index < -0.39 is 26.6 Å². The van der Waals surface area contributed by atoms with Crippen LogP contribution in [0.5, 0.6) is 0 Å². The molecule has 0 spiro atoms. The summed E-state index contributed by atoms with van der Waals surface area (Å²) in [5.74, 6) is -1.65. The van der Waals surface area contributed by atoms with E-state index in [4.69, 9.17) is 4.74 Å². The SMILES string of the molecule is O=S(=O)(c1cc(F)ccc1F)N1CCCC[C@@H]1CCN1CCOCC1. The average Bonchev–Trinajstić information content (AvgIpc) is 2.63. The van der Waals surface area contributed by atoms with Gasteiger partial charge in [-0.1, -0.05) is 6.42 Å². The Morgan fingerprint density at radius 3 is 2.64 bits per heavy atom. The number of hydrogen-bond donors (Lipinski definition) is 0. The van der Waals surface area contributed by atoms with Gasteiger partial charge in [0.25, 0.3) is 0 Å². The molecule has 1 aromatic carbocycles. The molecule has 2 heterocycles. The Labute approximate surface area is 147 Å². The summed E-state index contributed by atoms with van der Waals surface area (Å²) < 4.78 is 60.0. The van der Waals surface area contributed by atoms with Gasteiger partial charge in [-0.25, -0.2) is 17.2 Å². The van der Waals surface area contributed by atoms with Gasteiger partial charge < -0.3 is 4.74 Å². The van der Waals surface area contributed by atoms with Crippen molar-refractivity contribution in [2.75, 3.05) is 39.4 Å². The van der Waals surface area contributed by atoms with Crippen molar-refractivity contribution in [3.63, 3.8) is 0 Å². The molecule has 0 saturated carbocycles. The van der Waals surface area contributed by atoms with Crippen molar-refractivity contribution in [1.82, 2.24) is 9.21 Å². The predicted octanol–water partition coefficient (Wildman–Crippen LogP) is 2.23. The van der Waals surface area contributed by atoms with Gasteiger partial charge in [0.05, 0.1) is 13.2 Å². The number of sulfonamides is 1. The molecular weight excluding hydrogens is 350 g/mol. The fourth-order valence-corrected chi connectivity index (χ4v) is 5.34. The third-order valence-corrected chi connectivity index (χ3v) is 6.90. The highest BCUT2D eigenvalue weighted by Gasteiger charge is 2.35. The minimum atomic E-state index is -4.04. The van der Waals surface area contributed by atoms with Crippen LogP contribution >= 0.6 is 0 Å². The molecule has 0 amide bonds. The number of piperidine rings is 1. The lowest BCUT2D eigenvalue weighted by atomic mass is 10.0. The van der Waals surface area contributed by atoms with Crippen molar-refractivity contribution in [2.45, 2.75) is 36.6 Å². The molecule has 0 aliphatic carbocycles. The van der Waals surface area contributed by atoms with E-state index in [0.717, 1.165) is 57.1 Å². The highest BCUT2D eigenvalue weighted by atomic mass is 32.2. The molecule has 140 valence electrons. The molecule has 25 heavy (non-hydrogen) atoms. The third-order valence-electron chi connectivity index (χ3n) is 4.94. The number of rotatable bonds is 5. The van der Waals surface area contributed by atoms with E-state index in [9.17, 15) is 17.2 Å². The number of ether oxygens (including phenoxy) is 1. The maximum absolute atomic E-state index is 14.0. The lowest BCUT2D eigenvalue weighted by molar-refractivity contribution is 0.0340. The van der Waals surface area contributed by atoms with Crippen molar-refractivity contribution in [2.24, 2.45) is 0 Å². The zero-order valence-corrected chi connectivity index (χ0v) is 15.0. The first kappa shape index (κ1) is 18.7. The van der Waals surface area contributed by atoms with Gasteiger partial charge in [-0.2, -0.15) is 4.31 Å². The summed E-state index contributed by atoms with van der Waals surface area (Å²) in [6.07, 6.45) is 3.13. The summed E-state index contributed by atoms with van der Waals surface area (Å²) in [6.45, 7) is 4.22. The van der Waals surface area contributed by atoms with Crippen LogP contribution in [0, 0.1) is 11.6 Å². The van der Waals surface area contributed by atoms with Crippen LogP contribution in [0.2, 0.25) is 0 Å². The smallest absolute Gasteiger partial charge is 0.246 e. The number of benzene rings is 1. The molecule has 0 radical (unpaired) electrons. The molecule has 3 rings (SSSR count). The molecule has 2 aliphatic heterocycles. The molecule has 0 N–H and O–H groups in total. The second-order valence-electron chi connectivity index (χ2n) is 6.58. The summed E-state index contributed by atoms with van der Waals surface area (Å²) in [4.78, 5) is 1.69. The van der Waals surface area contributed by atoms with Gasteiger partial charge in [0.1, 0.15) is 16.5 Å². The van der Waals surface area contributed by atoms with Crippen molar-refractivity contribution >= 4 is 10.0 Å².